The standard InChI is InChI=1S/C19H27F3N2O/c20-19(21,22)18-6-2-1-4-16(18)12-23-9-3-5-17(13-23)24-10-7-15(14-25)8-11-24/h1-2,4,6,15,17,25H,3,5,7-14H2/t17-/m0/s1. The summed E-state index contributed by atoms with van der Waals surface area (Å²) in [6.45, 7) is 4.29. The summed E-state index contributed by atoms with van der Waals surface area (Å²) in [4.78, 5) is 4.63. The van der Waals surface area contributed by atoms with Crippen molar-refractivity contribution in [2.45, 2.75) is 44.4 Å². The van der Waals surface area contributed by atoms with Crippen LogP contribution in [0.1, 0.15) is 36.8 Å². The van der Waals surface area contributed by atoms with E-state index in [4.69, 9.17) is 0 Å². The fourth-order valence-corrected chi connectivity index (χ4v) is 4.15. The van der Waals surface area contributed by atoms with Gasteiger partial charge in [0.05, 0.1) is 5.56 Å². The van der Waals surface area contributed by atoms with Gasteiger partial charge in [0.2, 0.25) is 0 Å². The lowest BCUT2D eigenvalue weighted by Gasteiger charge is -2.42. The molecular weight excluding hydrogens is 329 g/mol. The molecule has 1 atom stereocenters. The highest BCUT2D eigenvalue weighted by Crippen LogP contribution is 2.33. The summed E-state index contributed by atoms with van der Waals surface area (Å²) in [5.41, 5.74) is -0.143. The highest BCUT2D eigenvalue weighted by atomic mass is 19.4. The van der Waals surface area contributed by atoms with Crippen molar-refractivity contribution in [3.63, 3.8) is 0 Å². The number of nitrogens with zero attached hydrogens (tertiary/aromatic N) is 2. The molecule has 3 nitrogen and oxygen atoms in total. The van der Waals surface area contributed by atoms with E-state index in [1.54, 1.807) is 12.1 Å². The Labute approximate surface area is 147 Å². The lowest BCUT2D eigenvalue weighted by atomic mass is 9.94. The van der Waals surface area contributed by atoms with Crippen LogP contribution in [0.3, 0.4) is 0 Å². The maximum atomic E-state index is 13.2. The van der Waals surface area contributed by atoms with Crippen molar-refractivity contribution < 1.29 is 18.3 Å². The van der Waals surface area contributed by atoms with Gasteiger partial charge in [-0.25, -0.2) is 0 Å². The molecular formula is C19H27F3N2O. The Morgan fingerprint density at radius 2 is 1.76 bits per heavy atom. The van der Waals surface area contributed by atoms with E-state index in [2.05, 4.69) is 9.80 Å². The van der Waals surface area contributed by atoms with Gasteiger partial charge in [-0.2, -0.15) is 13.2 Å². The predicted octanol–water partition coefficient (Wildman–Crippen LogP) is 3.37. The SMILES string of the molecule is OCC1CCN([C@H]2CCCN(Cc3ccccc3C(F)(F)F)C2)CC1. The first-order valence-corrected chi connectivity index (χ1v) is 9.19. The van der Waals surface area contributed by atoms with Crippen LogP contribution in [0.2, 0.25) is 0 Å². The van der Waals surface area contributed by atoms with E-state index in [0.29, 0.717) is 24.1 Å². The first-order chi connectivity index (χ1) is 12.0. The van der Waals surface area contributed by atoms with E-state index >= 15 is 0 Å². The summed E-state index contributed by atoms with van der Waals surface area (Å²) >= 11 is 0. The largest absolute Gasteiger partial charge is 0.416 e. The quantitative estimate of drug-likeness (QED) is 0.896. The lowest BCUT2D eigenvalue weighted by Crippen LogP contribution is -2.50. The number of hydrogen-bond acceptors (Lipinski definition) is 3. The van der Waals surface area contributed by atoms with Crippen LogP contribution in [0.4, 0.5) is 13.2 Å². The van der Waals surface area contributed by atoms with Crippen LogP contribution in [-0.4, -0.2) is 53.7 Å². The van der Waals surface area contributed by atoms with Crippen molar-refractivity contribution in [3.8, 4) is 0 Å². The van der Waals surface area contributed by atoms with E-state index in [1.165, 1.54) is 12.1 Å². The first-order valence-electron chi connectivity index (χ1n) is 9.19. The van der Waals surface area contributed by atoms with Gasteiger partial charge in [0.25, 0.3) is 0 Å². The maximum absolute atomic E-state index is 13.2. The zero-order valence-corrected chi connectivity index (χ0v) is 14.5. The van der Waals surface area contributed by atoms with Crippen LogP contribution in [0.5, 0.6) is 0 Å². The molecule has 1 N–H and O–H groups in total. The zero-order chi connectivity index (χ0) is 17.9. The summed E-state index contributed by atoms with van der Waals surface area (Å²) < 4.78 is 39.6. The third-order valence-electron chi connectivity index (χ3n) is 5.62. The summed E-state index contributed by atoms with van der Waals surface area (Å²) in [5, 5.41) is 9.27. The number of aliphatic hydroxyl groups excluding tert-OH is 1. The number of piperidine rings is 2. The molecule has 0 radical (unpaired) electrons. The van der Waals surface area contributed by atoms with Crippen LogP contribution in [-0.2, 0) is 12.7 Å². The molecule has 0 aromatic heterocycles. The van der Waals surface area contributed by atoms with Crippen molar-refractivity contribution in [2.24, 2.45) is 5.92 Å². The molecule has 0 amide bonds. The fraction of sp³-hybridized carbons (Fsp3) is 0.684. The van der Waals surface area contributed by atoms with Gasteiger partial charge < -0.3 is 5.11 Å². The number of hydrogen-bond donors (Lipinski definition) is 1. The Morgan fingerprint density at radius 1 is 1.04 bits per heavy atom. The number of alkyl halides is 3. The fourth-order valence-electron chi connectivity index (χ4n) is 4.15. The highest BCUT2D eigenvalue weighted by molar-refractivity contribution is 5.29. The summed E-state index contributed by atoms with van der Waals surface area (Å²) in [7, 11) is 0. The second-order valence-corrected chi connectivity index (χ2v) is 7.35. The van der Waals surface area contributed by atoms with Gasteiger partial charge in [0, 0.05) is 25.7 Å². The molecule has 25 heavy (non-hydrogen) atoms. The maximum Gasteiger partial charge on any atom is 0.416 e. The predicted molar refractivity (Wildman–Crippen MR) is 91.1 cm³/mol. The van der Waals surface area contributed by atoms with Crippen molar-refractivity contribution >= 4 is 0 Å². The third kappa shape index (κ3) is 4.74. The van der Waals surface area contributed by atoms with Gasteiger partial charge in [0.1, 0.15) is 0 Å². The monoisotopic (exact) mass is 356 g/mol. The number of benzene rings is 1. The van der Waals surface area contributed by atoms with E-state index in [9.17, 15) is 18.3 Å². The number of aliphatic hydroxyl groups is 1. The number of rotatable bonds is 4. The Kier molecular flexibility index (Phi) is 6.02. The van der Waals surface area contributed by atoms with Crippen LogP contribution in [0.25, 0.3) is 0 Å². The molecule has 0 bridgehead atoms. The second kappa shape index (κ2) is 8.06. The van der Waals surface area contributed by atoms with Gasteiger partial charge in [-0.1, -0.05) is 18.2 Å². The van der Waals surface area contributed by atoms with Gasteiger partial charge in [-0.3, -0.25) is 9.80 Å². The van der Waals surface area contributed by atoms with E-state index in [0.717, 1.165) is 51.9 Å². The van der Waals surface area contributed by atoms with Crippen molar-refractivity contribution in [3.05, 3.63) is 35.4 Å². The Morgan fingerprint density at radius 3 is 2.44 bits per heavy atom. The molecule has 2 fully saturated rings. The molecule has 0 saturated carbocycles. The molecule has 2 aliphatic rings. The zero-order valence-electron chi connectivity index (χ0n) is 14.5. The minimum Gasteiger partial charge on any atom is -0.396 e. The van der Waals surface area contributed by atoms with Gasteiger partial charge in [-0.05, 0) is 62.9 Å². The molecule has 1 aromatic rings. The van der Waals surface area contributed by atoms with E-state index < -0.39 is 11.7 Å². The Hall–Kier alpha value is -1.11. The van der Waals surface area contributed by atoms with Gasteiger partial charge in [-0.15, -0.1) is 0 Å². The molecule has 0 aliphatic carbocycles. The molecule has 6 heteroatoms. The van der Waals surface area contributed by atoms with Crippen LogP contribution in [0, 0.1) is 5.92 Å². The van der Waals surface area contributed by atoms with Crippen LogP contribution >= 0.6 is 0 Å². The molecule has 0 unspecified atom stereocenters. The second-order valence-electron chi connectivity index (χ2n) is 7.35. The number of likely N-dealkylation sites (tertiary alicyclic amines) is 2. The summed E-state index contributed by atoms with van der Waals surface area (Å²) in [5.74, 6) is 0.412. The third-order valence-corrected chi connectivity index (χ3v) is 5.62. The lowest BCUT2D eigenvalue weighted by molar-refractivity contribution is -0.138. The molecule has 2 saturated heterocycles. The smallest absolute Gasteiger partial charge is 0.396 e. The molecule has 3 rings (SSSR count). The van der Waals surface area contributed by atoms with Crippen molar-refractivity contribution in [1.82, 2.24) is 9.80 Å². The molecule has 0 spiro atoms. The average molecular weight is 356 g/mol. The Balaban J connectivity index is 1.61. The number of halogens is 3. The van der Waals surface area contributed by atoms with E-state index in [1.807, 2.05) is 0 Å². The topological polar surface area (TPSA) is 26.7 Å². The van der Waals surface area contributed by atoms with Gasteiger partial charge in [0.15, 0.2) is 0 Å². The summed E-state index contributed by atoms with van der Waals surface area (Å²) in [6, 6.07) is 6.34. The first kappa shape index (κ1) is 18.7. The molecule has 1 aromatic carbocycles. The molecule has 2 heterocycles. The Bertz CT molecular complexity index is 556. The molecule has 2 aliphatic heterocycles. The minimum absolute atomic E-state index is 0.263. The minimum atomic E-state index is -4.29. The van der Waals surface area contributed by atoms with Crippen LogP contribution in [0.15, 0.2) is 24.3 Å². The molecule has 140 valence electrons. The summed E-state index contributed by atoms with van der Waals surface area (Å²) in [6.07, 6.45) is -0.119. The highest BCUT2D eigenvalue weighted by Gasteiger charge is 2.34. The normalized spacial score (nSPS) is 24.6. The van der Waals surface area contributed by atoms with Gasteiger partial charge >= 0.3 is 6.18 Å². The average Bonchev–Trinajstić information content (AvgIpc) is 2.62. The van der Waals surface area contributed by atoms with E-state index in [-0.39, 0.29) is 6.61 Å². The van der Waals surface area contributed by atoms with Crippen molar-refractivity contribution in [1.29, 1.82) is 0 Å². The van der Waals surface area contributed by atoms with Crippen molar-refractivity contribution in [2.75, 3.05) is 32.8 Å². The van der Waals surface area contributed by atoms with Crippen LogP contribution < -0.4 is 0 Å².